The molecule has 0 saturated carbocycles. The van der Waals surface area contributed by atoms with Crippen molar-refractivity contribution in [2.24, 2.45) is 0 Å². The van der Waals surface area contributed by atoms with Gasteiger partial charge in [0.25, 0.3) is 0 Å². The van der Waals surface area contributed by atoms with Crippen LogP contribution in [0.3, 0.4) is 0 Å². The smallest absolute Gasteiger partial charge is 0.228 e. The molecule has 0 fully saturated rings. The molecule has 2 aromatic carbocycles. The second kappa shape index (κ2) is 7.82. The van der Waals surface area contributed by atoms with E-state index in [0.29, 0.717) is 22.8 Å². The number of hydrogen-bond donors (Lipinski definition) is 1. The third-order valence-electron chi connectivity index (χ3n) is 3.96. The number of carbonyl (C=O) groups excluding carboxylic acids is 1. The van der Waals surface area contributed by atoms with E-state index in [1.54, 1.807) is 43.3 Å². The molecule has 1 aromatic heterocycles. The fourth-order valence-electron chi connectivity index (χ4n) is 2.71. The number of hydrogen-bond acceptors (Lipinski definition) is 5. The van der Waals surface area contributed by atoms with Crippen molar-refractivity contribution in [3.8, 4) is 5.75 Å². The molecule has 6 nitrogen and oxygen atoms in total. The van der Waals surface area contributed by atoms with Crippen LogP contribution in [0.1, 0.15) is 18.2 Å². The number of halogens is 1. The Bertz CT molecular complexity index is 940. The van der Waals surface area contributed by atoms with Crippen molar-refractivity contribution in [3.63, 3.8) is 0 Å². The van der Waals surface area contributed by atoms with Crippen LogP contribution in [0.15, 0.2) is 54.9 Å². The van der Waals surface area contributed by atoms with Crippen molar-refractivity contribution in [3.05, 3.63) is 71.9 Å². The van der Waals surface area contributed by atoms with Gasteiger partial charge in [0, 0.05) is 12.6 Å². The minimum Gasteiger partial charge on any atom is -0.489 e. The number of nitrogen functional groups attached to an aromatic ring is 1. The lowest BCUT2D eigenvalue weighted by molar-refractivity contribution is -0.115. The highest BCUT2D eigenvalue weighted by atomic mass is 19.1. The Morgan fingerprint density at radius 3 is 2.56 bits per heavy atom. The van der Waals surface area contributed by atoms with E-state index in [1.807, 2.05) is 0 Å². The number of rotatable bonds is 5. The van der Waals surface area contributed by atoms with E-state index >= 15 is 0 Å². The highest BCUT2D eigenvalue weighted by Crippen LogP contribution is 2.32. The van der Waals surface area contributed by atoms with Gasteiger partial charge in [0.2, 0.25) is 5.91 Å². The van der Waals surface area contributed by atoms with Crippen LogP contribution < -0.4 is 15.4 Å². The minimum absolute atomic E-state index is 0.215. The molecule has 1 heterocycles. The van der Waals surface area contributed by atoms with Crippen LogP contribution in [0.2, 0.25) is 0 Å². The Labute approximate surface area is 156 Å². The Balaban J connectivity index is 1.81. The molecule has 0 aliphatic heterocycles. The van der Waals surface area contributed by atoms with E-state index in [4.69, 9.17) is 10.5 Å². The summed E-state index contributed by atoms with van der Waals surface area (Å²) in [5.41, 5.74) is 8.36. The van der Waals surface area contributed by atoms with Gasteiger partial charge in [0.1, 0.15) is 30.2 Å². The Morgan fingerprint density at radius 1 is 1.19 bits per heavy atom. The van der Waals surface area contributed by atoms with Crippen LogP contribution in [-0.2, 0) is 11.4 Å². The van der Waals surface area contributed by atoms with E-state index < -0.39 is 0 Å². The maximum atomic E-state index is 13.2. The highest BCUT2D eigenvalue weighted by Gasteiger charge is 2.20. The number of benzene rings is 2. The van der Waals surface area contributed by atoms with Crippen molar-refractivity contribution in [1.29, 1.82) is 0 Å². The lowest BCUT2D eigenvalue weighted by atomic mass is 10.2. The van der Waals surface area contributed by atoms with Crippen LogP contribution in [0, 0.1) is 12.7 Å². The monoisotopic (exact) mass is 366 g/mol. The summed E-state index contributed by atoms with van der Waals surface area (Å²) < 4.78 is 18.9. The fourth-order valence-corrected chi connectivity index (χ4v) is 2.71. The van der Waals surface area contributed by atoms with Crippen LogP contribution >= 0.6 is 0 Å². The van der Waals surface area contributed by atoms with Gasteiger partial charge in [-0.2, -0.15) is 0 Å². The molecule has 27 heavy (non-hydrogen) atoms. The summed E-state index contributed by atoms with van der Waals surface area (Å²) in [6.45, 7) is 3.45. The zero-order valence-electron chi connectivity index (χ0n) is 15.0. The number of ether oxygens (including phenoxy) is 1. The molecular formula is C20H19FN4O2. The van der Waals surface area contributed by atoms with Gasteiger partial charge in [-0.3, -0.25) is 9.69 Å². The molecule has 0 atom stereocenters. The Morgan fingerprint density at radius 2 is 1.93 bits per heavy atom. The van der Waals surface area contributed by atoms with Crippen LogP contribution in [0.5, 0.6) is 5.75 Å². The number of anilines is 3. The van der Waals surface area contributed by atoms with E-state index in [1.165, 1.54) is 30.3 Å². The summed E-state index contributed by atoms with van der Waals surface area (Å²) in [5.74, 6) is 0.305. The second-order valence-electron chi connectivity index (χ2n) is 5.96. The molecule has 0 aliphatic carbocycles. The van der Waals surface area contributed by atoms with Gasteiger partial charge in [-0.1, -0.05) is 12.1 Å². The summed E-state index contributed by atoms with van der Waals surface area (Å²) in [6.07, 6.45) is 1.36. The van der Waals surface area contributed by atoms with Crippen molar-refractivity contribution in [2.45, 2.75) is 20.5 Å². The third-order valence-corrected chi connectivity index (χ3v) is 3.96. The molecule has 1 amide bonds. The van der Waals surface area contributed by atoms with Gasteiger partial charge in [0.15, 0.2) is 5.82 Å². The highest BCUT2D eigenvalue weighted by molar-refractivity contribution is 6.01. The zero-order valence-corrected chi connectivity index (χ0v) is 15.0. The molecule has 0 saturated heterocycles. The van der Waals surface area contributed by atoms with Gasteiger partial charge >= 0.3 is 0 Å². The van der Waals surface area contributed by atoms with Crippen molar-refractivity contribution in [2.75, 3.05) is 10.6 Å². The van der Waals surface area contributed by atoms with Crippen molar-refractivity contribution >= 4 is 23.1 Å². The summed E-state index contributed by atoms with van der Waals surface area (Å²) in [4.78, 5) is 21.8. The summed E-state index contributed by atoms with van der Waals surface area (Å²) in [7, 11) is 0. The van der Waals surface area contributed by atoms with E-state index in [-0.39, 0.29) is 24.1 Å². The fraction of sp³-hybridized carbons (Fsp3) is 0.150. The van der Waals surface area contributed by atoms with Crippen LogP contribution in [0.25, 0.3) is 0 Å². The molecule has 3 aromatic rings. The third kappa shape index (κ3) is 4.20. The molecule has 138 valence electrons. The number of aromatic nitrogens is 2. The Hall–Kier alpha value is -3.48. The van der Waals surface area contributed by atoms with E-state index in [9.17, 15) is 9.18 Å². The first-order valence-electron chi connectivity index (χ1n) is 8.31. The normalized spacial score (nSPS) is 10.5. The molecule has 0 unspecified atom stereocenters. The van der Waals surface area contributed by atoms with Gasteiger partial charge in [-0.15, -0.1) is 0 Å². The number of nitrogens with zero attached hydrogens (tertiary/aromatic N) is 3. The van der Waals surface area contributed by atoms with Crippen molar-refractivity contribution < 1.29 is 13.9 Å². The first-order valence-corrected chi connectivity index (χ1v) is 8.31. The van der Waals surface area contributed by atoms with Gasteiger partial charge in [-0.05, 0) is 48.9 Å². The molecule has 2 N–H and O–H groups in total. The number of amides is 1. The molecule has 0 bridgehead atoms. The molecule has 7 heteroatoms. The molecule has 0 aliphatic rings. The first-order chi connectivity index (χ1) is 13.0. The molecule has 3 rings (SSSR count). The predicted octanol–water partition coefficient (Wildman–Crippen LogP) is 3.77. The van der Waals surface area contributed by atoms with Crippen LogP contribution in [0.4, 0.5) is 21.6 Å². The van der Waals surface area contributed by atoms with Gasteiger partial charge in [-0.25, -0.2) is 14.4 Å². The number of aryl methyl sites for hydroxylation is 1. The number of carbonyl (C=O) groups is 1. The van der Waals surface area contributed by atoms with E-state index in [0.717, 1.165) is 5.56 Å². The zero-order chi connectivity index (χ0) is 19.4. The van der Waals surface area contributed by atoms with Crippen molar-refractivity contribution in [1.82, 2.24) is 9.97 Å². The molecule has 0 radical (unpaired) electrons. The summed E-state index contributed by atoms with van der Waals surface area (Å²) in [6, 6.07) is 13.2. The first kappa shape index (κ1) is 18.3. The van der Waals surface area contributed by atoms with Gasteiger partial charge in [0.05, 0.1) is 5.69 Å². The SMILES string of the molecule is CC(=O)N(c1ccc(OCc2cccc(F)c2)cc1)c1c(C)ncnc1N. The molecular weight excluding hydrogens is 347 g/mol. The average Bonchev–Trinajstić information content (AvgIpc) is 2.63. The Kier molecular flexibility index (Phi) is 5.30. The topological polar surface area (TPSA) is 81.3 Å². The summed E-state index contributed by atoms with van der Waals surface area (Å²) >= 11 is 0. The lowest BCUT2D eigenvalue weighted by Crippen LogP contribution is -2.25. The number of nitrogens with two attached hydrogens (primary N) is 1. The quantitative estimate of drug-likeness (QED) is 0.743. The predicted molar refractivity (Wildman–Crippen MR) is 101 cm³/mol. The van der Waals surface area contributed by atoms with Crippen LogP contribution in [-0.4, -0.2) is 15.9 Å². The maximum absolute atomic E-state index is 13.2. The minimum atomic E-state index is -0.304. The summed E-state index contributed by atoms with van der Waals surface area (Å²) in [5, 5.41) is 0. The van der Waals surface area contributed by atoms with Gasteiger partial charge < -0.3 is 10.5 Å². The largest absolute Gasteiger partial charge is 0.489 e. The maximum Gasteiger partial charge on any atom is 0.228 e. The lowest BCUT2D eigenvalue weighted by Gasteiger charge is -2.23. The standard InChI is InChI=1S/C20H19FN4O2/c1-13-19(20(22)24-12-23-13)25(14(2)26)17-6-8-18(9-7-17)27-11-15-4-3-5-16(21)10-15/h3-10,12H,11H2,1-2H3,(H2,22,23,24). The second-order valence-corrected chi connectivity index (χ2v) is 5.96. The average molecular weight is 366 g/mol. The van der Waals surface area contributed by atoms with E-state index in [2.05, 4.69) is 9.97 Å². The molecule has 0 spiro atoms.